The highest BCUT2D eigenvalue weighted by atomic mass is 15.3. The van der Waals surface area contributed by atoms with E-state index < -0.39 is 0 Å². The molecule has 1 atom stereocenters. The molecule has 2 nitrogen and oxygen atoms in total. The third kappa shape index (κ3) is 1.30. The maximum atomic E-state index is 3.48. The Morgan fingerprint density at radius 3 is 3.00 bits per heavy atom. The molecule has 0 aromatic heterocycles. The molecule has 1 N–H and O–H groups in total. The van der Waals surface area contributed by atoms with Gasteiger partial charge in [0.15, 0.2) is 0 Å². The molecule has 0 aliphatic carbocycles. The number of piperidine rings is 1. The molecule has 0 radical (unpaired) electrons. The van der Waals surface area contributed by atoms with Crippen LogP contribution in [0.2, 0.25) is 0 Å². The summed E-state index contributed by atoms with van der Waals surface area (Å²) in [5, 5.41) is 3.48. The molecule has 2 aliphatic heterocycles. The van der Waals surface area contributed by atoms with E-state index in [0.29, 0.717) is 5.54 Å². The zero-order valence-corrected chi connectivity index (χ0v) is 7.40. The van der Waals surface area contributed by atoms with Gasteiger partial charge in [-0.2, -0.15) is 0 Å². The first-order chi connectivity index (χ1) is 5.31. The summed E-state index contributed by atoms with van der Waals surface area (Å²) in [5.74, 6) is 0. The predicted octanol–water partition coefficient (Wildman–Crippen LogP) is 0.834. The van der Waals surface area contributed by atoms with Crippen molar-refractivity contribution in [2.75, 3.05) is 26.2 Å². The maximum absolute atomic E-state index is 3.48. The molecule has 0 spiro atoms. The Morgan fingerprint density at radius 2 is 2.18 bits per heavy atom. The van der Waals surface area contributed by atoms with Crippen LogP contribution in [-0.4, -0.2) is 36.6 Å². The summed E-state index contributed by atoms with van der Waals surface area (Å²) < 4.78 is 0. The van der Waals surface area contributed by atoms with E-state index >= 15 is 0 Å². The fourth-order valence-corrected chi connectivity index (χ4v) is 2.39. The highest BCUT2D eigenvalue weighted by molar-refractivity contribution is 4.94. The fourth-order valence-electron chi connectivity index (χ4n) is 2.39. The minimum Gasteiger partial charge on any atom is -0.314 e. The van der Waals surface area contributed by atoms with E-state index in [1.807, 2.05) is 0 Å². The van der Waals surface area contributed by atoms with E-state index in [4.69, 9.17) is 0 Å². The SMILES string of the molecule is CC12CCCCN1CCNC2. The number of fused-ring (bicyclic) bond motifs is 1. The quantitative estimate of drug-likeness (QED) is 0.556. The van der Waals surface area contributed by atoms with Crippen LogP contribution in [0.1, 0.15) is 26.2 Å². The summed E-state index contributed by atoms with van der Waals surface area (Å²) in [7, 11) is 0. The van der Waals surface area contributed by atoms with Crippen LogP contribution >= 0.6 is 0 Å². The largest absolute Gasteiger partial charge is 0.314 e. The summed E-state index contributed by atoms with van der Waals surface area (Å²) >= 11 is 0. The Bertz CT molecular complexity index is 132. The Morgan fingerprint density at radius 1 is 1.27 bits per heavy atom. The number of rotatable bonds is 0. The first-order valence-corrected chi connectivity index (χ1v) is 4.77. The van der Waals surface area contributed by atoms with Crippen LogP contribution in [0, 0.1) is 0 Å². The first kappa shape index (κ1) is 7.56. The molecule has 11 heavy (non-hydrogen) atoms. The monoisotopic (exact) mass is 154 g/mol. The van der Waals surface area contributed by atoms with Gasteiger partial charge in [-0.15, -0.1) is 0 Å². The highest BCUT2D eigenvalue weighted by Gasteiger charge is 2.35. The summed E-state index contributed by atoms with van der Waals surface area (Å²) in [4.78, 5) is 2.66. The summed E-state index contributed by atoms with van der Waals surface area (Å²) in [6.45, 7) is 7.38. The molecule has 2 heteroatoms. The summed E-state index contributed by atoms with van der Waals surface area (Å²) in [5.41, 5.74) is 0.497. The molecular weight excluding hydrogens is 136 g/mol. The van der Waals surface area contributed by atoms with E-state index in [1.54, 1.807) is 0 Å². The van der Waals surface area contributed by atoms with Gasteiger partial charge in [0.25, 0.3) is 0 Å². The predicted molar refractivity (Wildman–Crippen MR) is 46.7 cm³/mol. The number of hydrogen-bond acceptors (Lipinski definition) is 2. The van der Waals surface area contributed by atoms with Crippen molar-refractivity contribution in [2.24, 2.45) is 0 Å². The van der Waals surface area contributed by atoms with Crippen LogP contribution in [0.3, 0.4) is 0 Å². The van der Waals surface area contributed by atoms with Crippen molar-refractivity contribution in [3.63, 3.8) is 0 Å². The molecule has 0 amide bonds. The van der Waals surface area contributed by atoms with Crippen molar-refractivity contribution in [3.05, 3.63) is 0 Å². The lowest BCUT2D eigenvalue weighted by Gasteiger charge is -2.48. The van der Waals surface area contributed by atoms with E-state index in [1.165, 1.54) is 45.4 Å². The van der Waals surface area contributed by atoms with Gasteiger partial charge < -0.3 is 5.32 Å². The Hall–Kier alpha value is -0.0800. The van der Waals surface area contributed by atoms with Crippen LogP contribution in [0.25, 0.3) is 0 Å². The number of nitrogens with one attached hydrogen (secondary N) is 1. The van der Waals surface area contributed by atoms with Crippen LogP contribution in [0.5, 0.6) is 0 Å². The standard InChI is InChI=1S/C9H18N2/c1-9-4-2-3-6-11(9)7-5-10-8-9/h10H,2-8H2,1H3. The smallest absolute Gasteiger partial charge is 0.0306 e. The average Bonchev–Trinajstić information content (AvgIpc) is 2.03. The van der Waals surface area contributed by atoms with Crippen LogP contribution in [0.15, 0.2) is 0 Å². The van der Waals surface area contributed by atoms with Gasteiger partial charge in [-0.3, -0.25) is 4.90 Å². The molecule has 0 saturated carbocycles. The van der Waals surface area contributed by atoms with E-state index in [9.17, 15) is 0 Å². The van der Waals surface area contributed by atoms with Gasteiger partial charge in [0, 0.05) is 25.2 Å². The number of nitrogens with zero attached hydrogens (tertiary/aromatic N) is 1. The lowest BCUT2D eigenvalue weighted by molar-refractivity contribution is 0.0390. The Balaban J connectivity index is 2.06. The normalized spacial score (nSPS) is 40.1. The second kappa shape index (κ2) is 2.76. The van der Waals surface area contributed by atoms with Gasteiger partial charge in [0.1, 0.15) is 0 Å². The molecule has 64 valence electrons. The van der Waals surface area contributed by atoms with Gasteiger partial charge in [-0.25, -0.2) is 0 Å². The lowest BCUT2D eigenvalue weighted by Crippen LogP contribution is -2.61. The topological polar surface area (TPSA) is 15.3 Å². The third-order valence-electron chi connectivity index (χ3n) is 3.22. The van der Waals surface area contributed by atoms with Gasteiger partial charge in [0.05, 0.1) is 0 Å². The fraction of sp³-hybridized carbons (Fsp3) is 1.00. The molecule has 1 unspecified atom stereocenters. The summed E-state index contributed by atoms with van der Waals surface area (Å²) in [6.07, 6.45) is 4.23. The zero-order valence-electron chi connectivity index (χ0n) is 7.40. The molecular formula is C9H18N2. The molecule has 2 rings (SSSR count). The van der Waals surface area contributed by atoms with Crippen molar-refractivity contribution in [1.29, 1.82) is 0 Å². The first-order valence-electron chi connectivity index (χ1n) is 4.77. The Kier molecular flexibility index (Phi) is 1.90. The van der Waals surface area contributed by atoms with Gasteiger partial charge in [0.2, 0.25) is 0 Å². The van der Waals surface area contributed by atoms with E-state index in [-0.39, 0.29) is 0 Å². The van der Waals surface area contributed by atoms with E-state index in [2.05, 4.69) is 17.1 Å². The minimum atomic E-state index is 0.497. The second-order valence-corrected chi connectivity index (χ2v) is 4.12. The summed E-state index contributed by atoms with van der Waals surface area (Å²) in [6, 6.07) is 0. The van der Waals surface area contributed by atoms with Crippen LogP contribution < -0.4 is 5.32 Å². The van der Waals surface area contributed by atoms with Crippen LogP contribution in [0.4, 0.5) is 0 Å². The zero-order chi connectivity index (χ0) is 7.73. The van der Waals surface area contributed by atoms with Gasteiger partial charge in [-0.1, -0.05) is 6.42 Å². The number of piperazine rings is 1. The molecule has 2 heterocycles. The van der Waals surface area contributed by atoms with Gasteiger partial charge in [-0.05, 0) is 26.3 Å². The number of hydrogen-bond donors (Lipinski definition) is 1. The molecule has 0 aromatic carbocycles. The molecule has 2 aliphatic rings. The lowest BCUT2D eigenvalue weighted by atomic mass is 9.87. The molecule has 0 bridgehead atoms. The van der Waals surface area contributed by atoms with Crippen molar-refractivity contribution in [3.8, 4) is 0 Å². The molecule has 2 saturated heterocycles. The maximum Gasteiger partial charge on any atom is 0.0306 e. The van der Waals surface area contributed by atoms with Gasteiger partial charge >= 0.3 is 0 Å². The van der Waals surface area contributed by atoms with Crippen molar-refractivity contribution >= 4 is 0 Å². The Labute approximate surface area is 69.0 Å². The van der Waals surface area contributed by atoms with Crippen LogP contribution in [-0.2, 0) is 0 Å². The average molecular weight is 154 g/mol. The van der Waals surface area contributed by atoms with Crippen molar-refractivity contribution < 1.29 is 0 Å². The van der Waals surface area contributed by atoms with E-state index in [0.717, 1.165) is 0 Å². The minimum absolute atomic E-state index is 0.497. The van der Waals surface area contributed by atoms with Crippen molar-refractivity contribution in [1.82, 2.24) is 10.2 Å². The molecule has 2 fully saturated rings. The second-order valence-electron chi connectivity index (χ2n) is 4.12. The van der Waals surface area contributed by atoms with Crippen molar-refractivity contribution in [2.45, 2.75) is 31.7 Å². The third-order valence-corrected chi connectivity index (χ3v) is 3.22. The molecule has 0 aromatic rings. The highest BCUT2D eigenvalue weighted by Crippen LogP contribution is 2.28.